The maximum absolute atomic E-state index is 5.30. The number of hydrogen-bond acceptors (Lipinski definition) is 5. The summed E-state index contributed by atoms with van der Waals surface area (Å²) >= 11 is 1.76. The second-order valence-electron chi connectivity index (χ2n) is 4.37. The molecule has 0 amide bonds. The number of nitrogens with zero attached hydrogens (tertiary/aromatic N) is 1. The van der Waals surface area contributed by atoms with E-state index in [4.69, 9.17) is 9.47 Å². The monoisotopic (exact) mass is 292 g/mol. The molecule has 1 heterocycles. The van der Waals surface area contributed by atoms with Gasteiger partial charge < -0.3 is 14.8 Å². The molecule has 0 unspecified atom stereocenters. The Balaban J connectivity index is 1.90. The minimum absolute atomic E-state index is 0.753. The number of rotatable bonds is 7. The van der Waals surface area contributed by atoms with Gasteiger partial charge in [-0.15, -0.1) is 11.3 Å². The predicted octanol–water partition coefficient (Wildman–Crippen LogP) is 3.01. The average Bonchev–Trinajstić information content (AvgIpc) is 2.95. The van der Waals surface area contributed by atoms with E-state index in [1.54, 1.807) is 25.6 Å². The Kier molecular flexibility index (Phi) is 5.38. The molecule has 0 aliphatic rings. The highest BCUT2D eigenvalue weighted by molar-refractivity contribution is 7.11. The van der Waals surface area contributed by atoms with Gasteiger partial charge in [-0.25, -0.2) is 4.98 Å². The zero-order valence-electron chi connectivity index (χ0n) is 12.1. The first-order chi connectivity index (χ1) is 9.76. The molecule has 108 valence electrons. The Morgan fingerprint density at radius 1 is 1.15 bits per heavy atom. The molecule has 0 saturated carbocycles. The zero-order valence-corrected chi connectivity index (χ0v) is 12.9. The fraction of sp³-hybridized carbons (Fsp3) is 0.400. The summed E-state index contributed by atoms with van der Waals surface area (Å²) in [5.74, 6) is 1.51. The second kappa shape index (κ2) is 7.26. The van der Waals surface area contributed by atoms with Crippen LogP contribution in [0.4, 0.5) is 0 Å². The molecule has 5 heteroatoms. The number of aromatic nitrogens is 1. The van der Waals surface area contributed by atoms with Crippen LogP contribution in [-0.2, 0) is 19.5 Å². The molecule has 0 radical (unpaired) electrons. The third-order valence-corrected chi connectivity index (χ3v) is 4.14. The first kappa shape index (κ1) is 14.8. The summed E-state index contributed by atoms with van der Waals surface area (Å²) in [5.41, 5.74) is 1.16. The second-order valence-corrected chi connectivity index (χ2v) is 5.57. The Hall–Kier alpha value is -1.59. The molecule has 1 aromatic carbocycles. The number of thiazole rings is 1. The number of nitrogens with one attached hydrogen (secondary N) is 1. The van der Waals surface area contributed by atoms with Crippen LogP contribution in [0.1, 0.15) is 22.4 Å². The van der Waals surface area contributed by atoms with Gasteiger partial charge in [0.1, 0.15) is 5.01 Å². The Bertz CT molecular complexity index is 555. The maximum atomic E-state index is 5.30. The van der Waals surface area contributed by atoms with Gasteiger partial charge in [0.15, 0.2) is 11.5 Å². The molecule has 1 aromatic heterocycles. The molecule has 0 saturated heterocycles. The highest BCUT2D eigenvalue weighted by Crippen LogP contribution is 2.27. The van der Waals surface area contributed by atoms with Crippen molar-refractivity contribution in [2.24, 2.45) is 0 Å². The van der Waals surface area contributed by atoms with Gasteiger partial charge in [-0.3, -0.25) is 0 Å². The van der Waals surface area contributed by atoms with Crippen LogP contribution in [0.2, 0.25) is 0 Å². The first-order valence-electron chi connectivity index (χ1n) is 6.62. The quantitative estimate of drug-likeness (QED) is 0.852. The Morgan fingerprint density at radius 2 is 1.95 bits per heavy atom. The molecule has 0 atom stereocenters. The van der Waals surface area contributed by atoms with Crippen molar-refractivity contribution in [1.82, 2.24) is 10.3 Å². The van der Waals surface area contributed by atoms with Crippen LogP contribution in [0.5, 0.6) is 11.5 Å². The van der Waals surface area contributed by atoms with Gasteiger partial charge in [0.2, 0.25) is 0 Å². The molecule has 20 heavy (non-hydrogen) atoms. The molecule has 0 fully saturated rings. The average molecular weight is 292 g/mol. The van der Waals surface area contributed by atoms with Crippen molar-refractivity contribution in [1.29, 1.82) is 0 Å². The molecular weight excluding hydrogens is 272 g/mol. The predicted molar refractivity (Wildman–Crippen MR) is 81.6 cm³/mol. The van der Waals surface area contributed by atoms with Crippen LogP contribution in [0.3, 0.4) is 0 Å². The van der Waals surface area contributed by atoms with Crippen molar-refractivity contribution in [2.45, 2.75) is 26.4 Å². The van der Waals surface area contributed by atoms with Crippen molar-refractivity contribution in [3.63, 3.8) is 0 Å². The number of methoxy groups -OCH3 is 2. The van der Waals surface area contributed by atoms with Crippen molar-refractivity contribution < 1.29 is 9.47 Å². The van der Waals surface area contributed by atoms with E-state index < -0.39 is 0 Å². The van der Waals surface area contributed by atoms with Crippen LogP contribution in [0, 0.1) is 0 Å². The molecule has 2 rings (SSSR count). The van der Waals surface area contributed by atoms with E-state index in [9.17, 15) is 0 Å². The minimum atomic E-state index is 0.753. The topological polar surface area (TPSA) is 43.4 Å². The van der Waals surface area contributed by atoms with E-state index in [-0.39, 0.29) is 0 Å². The van der Waals surface area contributed by atoms with Gasteiger partial charge in [0.05, 0.1) is 14.2 Å². The highest BCUT2D eigenvalue weighted by atomic mass is 32.1. The van der Waals surface area contributed by atoms with Gasteiger partial charge in [0.25, 0.3) is 0 Å². The van der Waals surface area contributed by atoms with E-state index >= 15 is 0 Å². The summed E-state index contributed by atoms with van der Waals surface area (Å²) in [5, 5.41) is 4.52. The van der Waals surface area contributed by atoms with Crippen LogP contribution >= 0.6 is 11.3 Å². The summed E-state index contributed by atoms with van der Waals surface area (Å²) in [6.45, 7) is 3.72. The van der Waals surface area contributed by atoms with Crippen LogP contribution < -0.4 is 14.8 Å². The molecular formula is C15H20N2O2S. The highest BCUT2D eigenvalue weighted by Gasteiger charge is 2.05. The number of hydrogen-bond donors (Lipinski definition) is 1. The normalized spacial score (nSPS) is 10.6. The lowest BCUT2D eigenvalue weighted by molar-refractivity contribution is 0.354. The largest absolute Gasteiger partial charge is 0.493 e. The van der Waals surface area contributed by atoms with E-state index in [0.29, 0.717) is 0 Å². The lowest BCUT2D eigenvalue weighted by Crippen LogP contribution is -2.12. The third kappa shape index (κ3) is 3.71. The van der Waals surface area contributed by atoms with E-state index in [1.165, 1.54) is 4.88 Å². The first-order valence-corrected chi connectivity index (χ1v) is 7.43. The van der Waals surface area contributed by atoms with Crippen LogP contribution in [-0.4, -0.2) is 19.2 Å². The third-order valence-electron chi connectivity index (χ3n) is 3.00. The fourth-order valence-electron chi connectivity index (χ4n) is 1.90. The van der Waals surface area contributed by atoms with E-state index in [1.807, 2.05) is 24.4 Å². The SMILES string of the molecule is CCc1cnc(CNCc2ccc(OC)c(OC)c2)s1. The molecule has 1 N–H and O–H groups in total. The summed E-state index contributed by atoms with van der Waals surface area (Å²) in [6, 6.07) is 5.95. The molecule has 0 aliphatic carbocycles. The summed E-state index contributed by atoms with van der Waals surface area (Å²) < 4.78 is 10.5. The summed E-state index contributed by atoms with van der Waals surface area (Å²) in [7, 11) is 3.29. The van der Waals surface area contributed by atoms with Crippen LogP contribution in [0.25, 0.3) is 0 Å². The fourth-order valence-corrected chi connectivity index (χ4v) is 2.73. The van der Waals surface area contributed by atoms with Crippen molar-refractivity contribution in [3.05, 3.63) is 39.8 Å². The number of aryl methyl sites for hydroxylation is 1. The van der Waals surface area contributed by atoms with Crippen molar-refractivity contribution >= 4 is 11.3 Å². The molecule has 2 aromatic rings. The molecule has 0 bridgehead atoms. The number of benzene rings is 1. The molecule has 0 aliphatic heterocycles. The van der Waals surface area contributed by atoms with E-state index in [2.05, 4.69) is 17.2 Å². The van der Waals surface area contributed by atoms with Gasteiger partial charge in [-0.2, -0.15) is 0 Å². The Labute approximate surface area is 123 Å². The van der Waals surface area contributed by atoms with Crippen molar-refractivity contribution in [3.8, 4) is 11.5 Å². The van der Waals surface area contributed by atoms with Gasteiger partial charge >= 0.3 is 0 Å². The lowest BCUT2D eigenvalue weighted by Gasteiger charge is -2.09. The Morgan fingerprint density at radius 3 is 2.60 bits per heavy atom. The number of ether oxygens (including phenoxy) is 2. The van der Waals surface area contributed by atoms with Crippen LogP contribution in [0.15, 0.2) is 24.4 Å². The molecule has 4 nitrogen and oxygen atoms in total. The van der Waals surface area contributed by atoms with Gasteiger partial charge in [0, 0.05) is 24.2 Å². The lowest BCUT2D eigenvalue weighted by atomic mass is 10.2. The summed E-state index contributed by atoms with van der Waals surface area (Å²) in [4.78, 5) is 5.72. The maximum Gasteiger partial charge on any atom is 0.161 e. The van der Waals surface area contributed by atoms with Crippen molar-refractivity contribution in [2.75, 3.05) is 14.2 Å². The smallest absolute Gasteiger partial charge is 0.161 e. The van der Waals surface area contributed by atoms with Gasteiger partial charge in [-0.1, -0.05) is 13.0 Å². The molecule has 0 spiro atoms. The minimum Gasteiger partial charge on any atom is -0.493 e. The zero-order chi connectivity index (χ0) is 14.4. The summed E-state index contributed by atoms with van der Waals surface area (Å²) in [6.07, 6.45) is 3.01. The standard InChI is InChI=1S/C15H20N2O2S/c1-4-12-9-17-15(20-12)10-16-8-11-5-6-13(18-2)14(7-11)19-3/h5-7,9,16H,4,8,10H2,1-3H3. The van der Waals surface area contributed by atoms with E-state index in [0.717, 1.165) is 41.6 Å². The van der Waals surface area contributed by atoms with Gasteiger partial charge in [-0.05, 0) is 24.1 Å².